The molecule has 0 N–H and O–H groups in total. The Kier molecular flexibility index (Phi) is 5.11. The molecule has 2 aliphatic heterocycles. The first-order valence-corrected chi connectivity index (χ1v) is 11.3. The molecule has 7 nitrogen and oxygen atoms in total. The fraction of sp³-hybridized carbons (Fsp3) is 0.227. The lowest BCUT2D eigenvalue weighted by Gasteiger charge is -2.31. The van der Waals surface area contributed by atoms with Gasteiger partial charge in [-0.1, -0.05) is 0 Å². The van der Waals surface area contributed by atoms with Crippen molar-refractivity contribution in [2.75, 3.05) is 11.5 Å². The number of furan rings is 1. The minimum atomic E-state index is -3.35. The molecule has 0 spiro atoms. The number of hydrogen-bond acceptors (Lipinski definition) is 6. The van der Waals surface area contributed by atoms with Crippen LogP contribution in [0.25, 0.3) is 17.4 Å². The van der Waals surface area contributed by atoms with Gasteiger partial charge in [0.15, 0.2) is 9.84 Å². The first kappa shape index (κ1) is 20.8. The van der Waals surface area contributed by atoms with E-state index >= 15 is 0 Å². The molecule has 158 valence electrons. The summed E-state index contributed by atoms with van der Waals surface area (Å²) in [6, 6.07) is 9.99. The number of sulfone groups is 1. The Morgan fingerprint density at radius 3 is 2.48 bits per heavy atom. The number of nitriles is 1. The molecule has 1 aromatic carbocycles. The minimum Gasteiger partial charge on any atom is -0.457 e. The second-order valence-corrected chi connectivity index (χ2v) is 9.64. The zero-order valence-electron chi connectivity index (χ0n) is 16.5. The lowest BCUT2D eigenvalue weighted by Crippen LogP contribution is -2.49. The number of rotatable bonds is 3. The summed E-state index contributed by atoms with van der Waals surface area (Å²) in [5.74, 6) is -1.50. The van der Waals surface area contributed by atoms with Crippen molar-refractivity contribution in [2.24, 2.45) is 0 Å². The zero-order chi connectivity index (χ0) is 22.3. The van der Waals surface area contributed by atoms with Gasteiger partial charge in [-0.2, -0.15) is 5.26 Å². The van der Waals surface area contributed by atoms with Crippen LogP contribution in [-0.2, 0) is 19.4 Å². The summed E-state index contributed by atoms with van der Waals surface area (Å²) in [5.41, 5.74) is 0.717. The van der Waals surface area contributed by atoms with Crippen molar-refractivity contribution in [1.29, 1.82) is 5.26 Å². The number of benzene rings is 1. The van der Waals surface area contributed by atoms with Gasteiger partial charge in [-0.15, -0.1) is 0 Å². The van der Waals surface area contributed by atoms with Gasteiger partial charge in [0, 0.05) is 11.1 Å². The standard InChI is InChI=1S/C22H17FN2O5S/c1-13-18(10-17-6-7-20(30-17)14-2-4-15(23)5-3-14)21(26)25(22(27)19(13)11-24)16-8-9-31(28,29)12-16/h2-7,10,16H,8-9,12H2,1H3/b18-10-/t16-/m1/s1. The van der Waals surface area contributed by atoms with E-state index in [1.165, 1.54) is 25.1 Å². The van der Waals surface area contributed by atoms with E-state index in [2.05, 4.69) is 0 Å². The molecule has 0 unspecified atom stereocenters. The van der Waals surface area contributed by atoms with E-state index in [9.17, 15) is 27.7 Å². The SMILES string of the molecule is CC1=C(C#N)C(=O)N([C@@H]2CCS(=O)(=O)C2)C(=O)/C1=C\c1ccc(-c2ccc(F)cc2)o1. The van der Waals surface area contributed by atoms with Gasteiger partial charge in [0.2, 0.25) is 0 Å². The van der Waals surface area contributed by atoms with Gasteiger partial charge < -0.3 is 4.42 Å². The van der Waals surface area contributed by atoms with Crippen molar-refractivity contribution in [3.05, 3.63) is 64.7 Å². The van der Waals surface area contributed by atoms with Crippen LogP contribution < -0.4 is 0 Å². The van der Waals surface area contributed by atoms with E-state index in [4.69, 9.17) is 4.42 Å². The Bertz CT molecular complexity index is 1300. The predicted molar refractivity (Wildman–Crippen MR) is 109 cm³/mol. The Morgan fingerprint density at radius 1 is 1.16 bits per heavy atom. The van der Waals surface area contributed by atoms with E-state index in [1.807, 2.05) is 6.07 Å². The third-order valence-electron chi connectivity index (χ3n) is 5.39. The monoisotopic (exact) mass is 440 g/mol. The van der Waals surface area contributed by atoms with Gasteiger partial charge in [0.1, 0.15) is 29.0 Å². The highest BCUT2D eigenvalue weighted by Crippen LogP contribution is 2.32. The van der Waals surface area contributed by atoms with Crippen molar-refractivity contribution in [3.8, 4) is 17.4 Å². The van der Waals surface area contributed by atoms with Crippen LogP contribution in [0.2, 0.25) is 0 Å². The summed E-state index contributed by atoms with van der Waals surface area (Å²) in [6.07, 6.45) is 1.56. The van der Waals surface area contributed by atoms with Crippen LogP contribution in [-0.4, -0.2) is 42.7 Å². The van der Waals surface area contributed by atoms with Gasteiger partial charge in [-0.25, -0.2) is 12.8 Å². The number of halogens is 1. The van der Waals surface area contributed by atoms with E-state index in [-0.39, 0.29) is 40.5 Å². The minimum absolute atomic E-state index is 0.0838. The Balaban J connectivity index is 1.73. The lowest BCUT2D eigenvalue weighted by molar-refractivity contribution is -0.142. The van der Waals surface area contributed by atoms with Crippen molar-refractivity contribution in [2.45, 2.75) is 19.4 Å². The summed E-state index contributed by atoms with van der Waals surface area (Å²) in [7, 11) is -3.35. The fourth-order valence-electron chi connectivity index (χ4n) is 3.75. The Hall–Kier alpha value is -3.51. The number of imide groups is 1. The summed E-state index contributed by atoms with van der Waals surface area (Å²) in [6.45, 7) is 1.49. The molecule has 31 heavy (non-hydrogen) atoms. The maximum atomic E-state index is 13.1. The van der Waals surface area contributed by atoms with Crippen LogP contribution in [0.4, 0.5) is 4.39 Å². The second kappa shape index (κ2) is 7.63. The number of carbonyl (C=O) groups excluding carboxylic acids is 2. The van der Waals surface area contributed by atoms with Crippen LogP contribution >= 0.6 is 0 Å². The van der Waals surface area contributed by atoms with Crippen molar-refractivity contribution < 1.29 is 26.8 Å². The molecular weight excluding hydrogens is 423 g/mol. The highest BCUT2D eigenvalue weighted by Gasteiger charge is 2.43. The Morgan fingerprint density at radius 2 is 1.87 bits per heavy atom. The Labute approximate surface area is 178 Å². The topological polar surface area (TPSA) is 108 Å². The highest BCUT2D eigenvalue weighted by atomic mass is 32.2. The quantitative estimate of drug-likeness (QED) is 0.536. The molecule has 4 rings (SSSR count). The van der Waals surface area contributed by atoms with Crippen molar-refractivity contribution in [1.82, 2.24) is 4.90 Å². The maximum Gasteiger partial charge on any atom is 0.271 e. The average Bonchev–Trinajstić information content (AvgIpc) is 3.32. The third kappa shape index (κ3) is 3.82. The van der Waals surface area contributed by atoms with Gasteiger partial charge in [-0.05, 0) is 61.4 Å². The normalized spacial score (nSPS) is 22.3. The second-order valence-electron chi connectivity index (χ2n) is 7.42. The van der Waals surface area contributed by atoms with Gasteiger partial charge in [0.25, 0.3) is 11.8 Å². The molecule has 0 bridgehead atoms. The van der Waals surface area contributed by atoms with Crippen molar-refractivity contribution in [3.63, 3.8) is 0 Å². The molecule has 2 aliphatic rings. The molecule has 3 heterocycles. The number of carbonyl (C=O) groups is 2. The molecule has 0 aliphatic carbocycles. The molecule has 0 radical (unpaired) electrons. The lowest BCUT2D eigenvalue weighted by atomic mass is 9.93. The van der Waals surface area contributed by atoms with Gasteiger partial charge in [-0.3, -0.25) is 14.5 Å². The largest absolute Gasteiger partial charge is 0.457 e. The van der Waals surface area contributed by atoms with Crippen LogP contribution in [0.3, 0.4) is 0 Å². The van der Waals surface area contributed by atoms with Crippen molar-refractivity contribution >= 4 is 27.7 Å². The molecule has 1 aromatic heterocycles. The molecule has 0 saturated carbocycles. The van der Waals surface area contributed by atoms with Gasteiger partial charge in [0.05, 0.1) is 17.5 Å². The number of nitrogens with zero attached hydrogens (tertiary/aromatic N) is 2. The summed E-state index contributed by atoms with van der Waals surface area (Å²) in [5, 5.41) is 9.47. The van der Waals surface area contributed by atoms with Crippen LogP contribution in [0.5, 0.6) is 0 Å². The predicted octanol–water partition coefficient (Wildman–Crippen LogP) is 2.87. The summed E-state index contributed by atoms with van der Waals surface area (Å²) in [4.78, 5) is 26.8. The average molecular weight is 440 g/mol. The number of hydrogen-bond donors (Lipinski definition) is 0. The molecule has 2 amide bonds. The molecule has 1 atom stereocenters. The first-order chi connectivity index (χ1) is 14.7. The fourth-order valence-corrected chi connectivity index (χ4v) is 5.45. The highest BCUT2D eigenvalue weighted by molar-refractivity contribution is 7.91. The van der Waals surface area contributed by atoms with Gasteiger partial charge >= 0.3 is 0 Å². The van der Waals surface area contributed by atoms with Crippen LogP contribution in [0, 0.1) is 17.1 Å². The van der Waals surface area contributed by atoms with Crippen LogP contribution in [0.1, 0.15) is 19.1 Å². The summed E-state index contributed by atoms with van der Waals surface area (Å²) >= 11 is 0. The third-order valence-corrected chi connectivity index (χ3v) is 7.14. The molecule has 9 heteroatoms. The zero-order valence-corrected chi connectivity index (χ0v) is 17.3. The number of amides is 2. The molecular formula is C22H17FN2O5S. The summed E-state index contributed by atoms with van der Waals surface area (Å²) < 4.78 is 42.6. The molecule has 1 fully saturated rings. The van der Waals surface area contributed by atoms with E-state index < -0.39 is 27.7 Å². The van der Waals surface area contributed by atoms with Crippen LogP contribution in [0.15, 0.2) is 57.5 Å². The smallest absolute Gasteiger partial charge is 0.271 e. The first-order valence-electron chi connectivity index (χ1n) is 9.47. The van der Waals surface area contributed by atoms with E-state index in [0.717, 1.165) is 4.90 Å². The van der Waals surface area contributed by atoms with E-state index in [1.54, 1.807) is 24.3 Å². The van der Waals surface area contributed by atoms with E-state index in [0.29, 0.717) is 17.1 Å². The molecule has 2 aromatic rings. The molecule has 1 saturated heterocycles. The maximum absolute atomic E-state index is 13.1.